The molecule has 0 fully saturated rings. The molecule has 0 bridgehead atoms. The molecule has 0 atom stereocenters. The summed E-state index contributed by atoms with van der Waals surface area (Å²) in [6, 6.07) is 1.92. The first kappa shape index (κ1) is 20.2. The van der Waals surface area contributed by atoms with Crippen LogP contribution in [0, 0.1) is 0 Å². The maximum atomic E-state index is 2.48. The second kappa shape index (κ2) is 7.00. The quantitative estimate of drug-likeness (QED) is 0.485. The number of hydrogen-bond donors (Lipinski definition) is 0. The molecular weight excluding hydrogens is 297 g/mol. The summed E-state index contributed by atoms with van der Waals surface area (Å²) >= 11 is 0. The number of allylic oxidation sites excluding steroid dienone is 3. The van der Waals surface area contributed by atoms with E-state index in [1.54, 1.807) is 10.9 Å². The van der Waals surface area contributed by atoms with Gasteiger partial charge in [0, 0.05) is 25.0 Å². The summed E-state index contributed by atoms with van der Waals surface area (Å²) in [4.78, 5) is 0. The fourth-order valence-corrected chi connectivity index (χ4v) is 6.05. The monoisotopic (exact) mass is 331 g/mol. The van der Waals surface area contributed by atoms with Crippen LogP contribution < -0.4 is 0 Å². The molecule has 0 unspecified atom stereocenters. The third-order valence-corrected chi connectivity index (χ3v) is 6.82. The fourth-order valence-electron chi connectivity index (χ4n) is 4.27. The van der Waals surface area contributed by atoms with Gasteiger partial charge in [0.15, 0.2) is 0 Å². The van der Waals surface area contributed by atoms with Crippen molar-refractivity contribution in [2.24, 2.45) is 0 Å². The van der Waals surface area contributed by atoms with Gasteiger partial charge in [0.05, 0.1) is 26.2 Å². The molecule has 0 amide bonds. The molecule has 0 aromatic heterocycles. The van der Waals surface area contributed by atoms with Crippen molar-refractivity contribution >= 4 is 8.07 Å². The third-order valence-electron chi connectivity index (χ3n) is 4.75. The van der Waals surface area contributed by atoms with Crippen LogP contribution >= 0.6 is 0 Å². The zero-order valence-corrected chi connectivity index (χ0v) is 17.4. The number of nitrogens with zero attached hydrogens (tertiary/aromatic N) is 1. The first-order chi connectivity index (χ1) is 8.56. The molecule has 0 N–H and O–H groups in total. The molecule has 0 saturated carbocycles. The summed E-state index contributed by atoms with van der Waals surface area (Å²) in [5.74, 6) is 0. The van der Waals surface area contributed by atoms with Gasteiger partial charge in [-0.2, -0.15) is 0 Å². The van der Waals surface area contributed by atoms with E-state index in [0.717, 1.165) is 10.9 Å². The molecule has 1 aliphatic carbocycles. The van der Waals surface area contributed by atoms with Gasteiger partial charge in [-0.1, -0.05) is 31.8 Å². The van der Waals surface area contributed by atoms with Crippen LogP contribution in [-0.4, -0.2) is 30.7 Å². The minimum atomic E-state index is -1.26. The van der Waals surface area contributed by atoms with E-state index in [4.69, 9.17) is 0 Å². The molecule has 0 aliphatic heterocycles. The summed E-state index contributed by atoms with van der Waals surface area (Å²) in [7, 11) is -1.26. The fraction of sp³-hybridized carbons (Fsp3) is 0.765. The van der Waals surface area contributed by atoms with Gasteiger partial charge in [-0.3, -0.25) is 4.48 Å². The minimum Gasteiger partial charge on any atom is -0.289 e. The topological polar surface area (TPSA) is 0 Å². The molecule has 1 radical (unpaired) electrons. The Morgan fingerprint density at radius 1 is 0.900 bits per heavy atom. The van der Waals surface area contributed by atoms with Gasteiger partial charge in [0.1, 0.15) is 5.70 Å². The van der Waals surface area contributed by atoms with Crippen molar-refractivity contribution in [3.8, 4) is 0 Å². The van der Waals surface area contributed by atoms with Crippen LogP contribution in [0.4, 0.5) is 0 Å². The molecule has 3 heteroatoms. The molecule has 0 heterocycles. The van der Waals surface area contributed by atoms with Crippen molar-refractivity contribution in [2.45, 2.75) is 85.7 Å². The second-order valence-electron chi connectivity index (χ2n) is 7.83. The van der Waals surface area contributed by atoms with Gasteiger partial charge in [0.25, 0.3) is 0 Å². The summed E-state index contributed by atoms with van der Waals surface area (Å²) in [5.41, 5.74) is 1.71. The van der Waals surface area contributed by atoms with Crippen LogP contribution in [0.2, 0.25) is 19.6 Å². The van der Waals surface area contributed by atoms with Gasteiger partial charge in [0.2, 0.25) is 0 Å². The third kappa shape index (κ3) is 3.35. The van der Waals surface area contributed by atoms with Crippen LogP contribution in [0.1, 0.15) is 48.0 Å². The molecule has 0 aromatic carbocycles. The van der Waals surface area contributed by atoms with Gasteiger partial charge in [-0.15, -0.1) is 0 Å². The number of hydrogen-bond acceptors (Lipinski definition) is 0. The Morgan fingerprint density at radius 3 is 1.60 bits per heavy atom. The van der Waals surface area contributed by atoms with Crippen LogP contribution in [0.5, 0.6) is 0 Å². The van der Waals surface area contributed by atoms with Gasteiger partial charge in [-0.05, 0) is 46.7 Å². The Bertz CT molecular complexity index is 365. The molecule has 1 nitrogen and oxygen atoms in total. The summed E-state index contributed by atoms with van der Waals surface area (Å²) in [6.07, 6.45) is 5.99. The Kier molecular flexibility index (Phi) is 7.09. The smallest absolute Gasteiger partial charge is 0.112 e. The zero-order chi connectivity index (χ0) is 15.0. The normalized spacial score (nSPS) is 16.6. The molecule has 115 valence electrons. The van der Waals surface area contributed by atoms with Crippen molar-refractivity contribution < 1.29 is 23.0 Å². The minimum absolute atomic E-state index is 0. The molecule has 1 rings (SSSR count). The van der Waals surface area contributed by atoms with Crippen LogP contribution in [0.25, 0.3) is 0 Å². The van der Waals surface area contributed by atoms with E-state index < -0.39 is 8.07 Å². The summed E-state index contributed by atoms with van der Waals surface area (Å²) < 4.78 is 1.16. The average Bonchev–Trinajstić information content (AvgIpc) is 2.64. The van der Waals surface area contributed by atoms with Crippen molar-refractivity contribution in [3.63, 3.8) is 0 Å². The standard InChI is InChI=1S/C17H34NSi.V/c1-13(2)18(14(3)4,15(5)6)16-11-10-12-17(16)19(7,8)9;/h10,12-15H,11H2,1-9H3;/q+1;. The molecule has 0 saturated heterocycles. The summed E-state index contributed by atoms with van der Waals surface area (Å²) in [6.45, 7) is 21.8. The summed E-state index contributed by atoms with van der Waals surface area (Å²) in [5, 5.41) is 1.70. The molecule has 1 aliphatic rings. The van der Waals surface area contributed by atoms with Crippen LogP contribution in [0.3, 0.4) is 0 Å². The Hall–Kier alpha value is 0.241. The SMILES string of the molecule is CC(C)[N+](C1=C([Si](C)(C)C)C=CC1)(C(C)C)C(C)C.[V]. The van der Waals surface area contributed by atoms with Crippen molar-refractivity contribution in [2.75, 3.05) is 0 Å². The number of rotatable bonds is 5. The largest absolute Gasteiger partial charge is 0.289 e. The van der Waals surface area contributed by atoms with Gasteiger partial charge >= 0.3 is 0 Å². The Labute approximate surface area is 140 Å². The van der Waals surface area contributed by atoms with Crippen molar-refractivity contribution in [3.05, 3.63) is 23.0 Å². The van der Waals surface area contributed by atoms with E-state index >= 15 is 0 Å². The predicted molar refractivity (Wildman–Crippen MR) is 89.8 cm³/mol. The van der Waals surface area contributed by atoms with E-state index in [-0.39, 0.29) is 18.6 Å². The zero-order valence-electron chi connectivity index (χ0n) is 15.0. The van der Waals surface area contributed by atoms with Gasteiger partial charge < -0.3 is 0 Å². The first-order valence-corrected chi connectivity index (χ1v) is 11.3. The van der Waals surface area contributed by atoms with E-state index in [2.05, 4.69) is 73.3 Å². The maximum Gasteiger partial charge on any atom is 0.112 e. The Morgan fingerprint density at radius 2 is 1.30 bits per heavy atom. The average molecular weight is 331 g/mol. The molecule has 20 heavy (non-hydrogen) atoms. The van der Waals surface area contributed by atoms with E-state index in [1.165, 1.54) is 0 Å². The maximum absolute atomic E-state index is 2.48. The molecule has 0 aromatic rings. The van der Waals surface area contributed by atoms with Crippen LogP contribution in [0.15, 0.2) is 23.0 Å². The van der Waals surface area contributed by atoms with Crippen molar-refractivity contribution in [1.82, 2.24) is 0 Å². The second-order valence-corrected chi connectivity index (χ2v) is 12.9. The predicted octanol–water partition coefficient (Wildman–Crippen LogP) is 5.12. The Balaban J connectivity index is 0.00000361. The van der Waals surface area contributed by atoms with E-state index in [1.807, 2.05) is 0 Å². The first-order valence-electron chi connectivity index (χ1n) is 7.85. The van der Waals surface area contributed by atoms with E-state index in [0.29, 0.717) is 18.1 Å². The van der Waals surface area contributed by atoms with Crippen molar-refractivity contribution in [1.29, 1.82) is 0 Å². The van der Waals surface area contributed by atoms with E-state index in [9.17, 15) is 0 Å². The van der Waals surface area contributed by atoms with Crippen LogP contribution in [-0.2, 0) is 18.6 Å². The molecule has 0 spiro atoms. The number of quaternary nitrogens is 1. The molecular formula is C17H34NSiV+. The van der Waals surface area contributed by atoms with Gasteiger partial charge in [-0.25, -0.2) is 0 Å².